The van der Waals surface area contributed by atoms with Gasteiger partial charge in [-0.2, -0.15) is 0 Å². The SMILES string of the molecule is O=C(CO)c1ncccc1O. The van der Waals surface area contributed by atoms with Crippen LogP contribution in [-0.2, 0) is 0 Å². The molecular weight excluding hydrogens is 146 g/mol. The Hall–Kier alpha value is -1.42. The van der Waals surface area contributed by atoms with E-state index >= 15 is 0 Å². The zero-order valence-electron chi connectivity index (χ0n) is 5.69. The summed E-state index contributed by atoms with van der Waals surface area (Å²) in [6, 6.07) is 2.85. The molecule has 0 saturated heterocycles. The average molecular weight is 153 g/mol. The van der Waals surface area contributed by atoms with Gasteiger partial charge in [0.05, 0.1) is 0 Å². The molecule has 2 N–H and O–H groups in total. The van der Waals surface area contributed by atoms with E-state index in [2.05, 4.69) is 4.98 Å². The Morgan fingerprint density at radius 3 is 2.91 bits per heavy atom. The molecule has 0 aliphatic heterocycles. The number of ketones is 1. The number of aromatic nitrogens is 1. The Bertz CT molecular complexity index is 272. The summed E-state index contributed by atoms with van der Waals surface area (Å²) in [7, 11) is 0. The second-order valence-corrected chi connectivity index (χ2v) is 1.95. The lowest BCUT2D eigenvalue weighted by Crippen LogP contribution is -2.06. The van der Waals surface area contributed by atoms with Crippen molar-refractivity contribution >= 4 is 5.78 Å². The molecule has 4 nitrogen and oxygen atoms in total. The summed E-state index contributed by atoms with van der Waals surface area (Å²) < 4.78 is 0. The van der Waals surface area contributed by atoms with Gasteiger partial charge in [-0.25, -0.2) is 4.98 Å². The second kappa shape index (κ2) is 3.12. The van der Waals surface area contributed by atoms with E-state index in [9.17, 15) is 4.79 Å². The largest absolute Gasteiger partial charge is 0.506 e. The van der Waals surface area contributed by atoms with Gasteiger partial charge in [0.2, 0.25) is 5.78 Å². The van der Waals surface area contributed by atoms with E-state index in [-0.39, 0.29) is 11.4 Å². The van der Waals surface area contributed by atoms with Crippen molar-refractivity contribution in [1.82, 2.24) is 4.98 Å². The van der Waals surface area contributed by atoms with Crippen LogP contribution in [-0.4, -0.2) is 27.6 Å². The molecule has 0 spiro atoms. The summed E-state index contributed by atoms with van der Waals surface area (Å²) in [5.41, 5.74) is -0.0880. The molecule has 4 heteroatoms. The van der Waals surface area contributed by atoms with Crippen LogP contribution in [0.5, 0.6) is 5.75 Å². The van der Waals surface area contributed by atoms with Crippen LogP contribution >= 0.6 is 0 Å². The van der Waals surface area contributed by atoms with Crippen molar-refractivity contribution < 1.29 is 15.0 Å². The molecule has 0 atom stereocenters. The van der Waals surface area contributed by atoms with Crippen LogP contribution in [0.2, 0.25) is 0 Å². The van der Waals surface area contributed by atoms with Crippen molar-refractivity contribution in [3.63, 3.8) is 0 Å². The molecule has 0 fully saturated rings. The lowest BCUT2D eigenvalue weighted by Gasteiger charge is -1.97. The van der Waals surface area contributed by atoms with Crippen molar-refractivity contribution in [2.45, 2.75) is 0 Å². The predicted molar refractivity (Wildman–Crippen MR) is 37.3 cm³/mol. The molecule has 0 aliphatic rings. The van der Waals surface area contributed by atoms with E-state index in [4.69, 9.17) is 10.2 Å². The molecule has 1 rings (SSSR count). The molecule has 0 aliphatic carbocycles. The summed E-state index contributed by atoms with van der Waals surface area (Å²) >= 11 is 0. The van der Waals surface area contributed by atoms with Gasteiger partial charge in [-0.05, 0) is 12.1 Å². The zero-order chi connectivity index (χ0) is 8.27. The van der Waals surface area contributed by atoms with Gasteiger partial charge in [0.15, 0.2) is 0 Å². The first-order valence-electron chi connectivity index (χ1n) is 3.03. The Morgan fingerprint density at radius 2 is 2.36 bits per heavy atom. The van der Waals surface area contributed by atoms with E-state index in [1.807, 2.05) is 0 Å². The van der Waals surface area contributed by atoms with Crippen LogP contribution in [0, 0.1) is 0 Å². The highest BCUT2D eigenvalue weighted by atomic mass is 16.3. The van der Waals surface area contributed by atoms with E-state index in [0.29, 0.717) is 0 Å². The van der Waals surface area contributed by atoms with Crippen LogP contribution in [0.1, 0.15) is 10.5 Å². The topological polar surface area (TPSA) is 70.4 Å². The van der Waals surface area contributed by atoms with Crippen LogP contribution in [0.15, 0.2) is 18.3 Å². The first-order valence-corrected chi connectivity index (χ1v) is 3.03. The summed E-state index contributed by atoms with van der Waals surface area (Å²) in [5, 5.41) is 17.4. The molecule has 0 radical (unpaired) electrons. The van der Waals surface area contributed by atoms with E-state index < -0.39 is 12.4 Å². The highest BCUT2D eigenvalue weighted by Crippen LogP contribution is 2.12. The van der Waals surface area contributed by atoms with Gasteiger partial charge < -0.3 is 10.2 Å². The first-order chi connectivity index (χ1) is 5.25. The van der Waals surface area contributed by atoms with E-state index in [0.717, 1.165) is 0 Å². The van der Waals surface area contributed by atoms with Gasteiger partial charge >= 0.3 is 0 Å². The number of carbonyl (C=O) groups excluding carboxylic acids is 1. The second-order valence-electron chi connectivity index (χ2n) is 1.95. The number of nitrogens with zero attached hydrogens (tertiary/aromatic N) is 1. The number of carbonyl (C=O) groups is 1. The van der Waals surface area contributed by atoms with Gasteiger partial charge in [-0.1, -0.05) is 0 Å². The van der Waals surface area contributed by atoms with Gasteiger partial charge in [-0.3, -0.25) is 4.79 Å². The third kappa shape index (κ3) is 1.53. The molecule has 1 aromatic rings. The molecule has 1 aromatic heterocycles. The molecule has 0 amide bonds. The molecule has 0 aromatic carbocycles. The van der Waals surface area contributed by atoms with Crippen molar-refractivity contribution in [1.29, 1.82) is 0 Å². The van der Waals surface area contributed by atoms with E-state index in [1.165, 1.54) is 18.3 Å². The van der Waals surface area contributed by atoms with Gasteiger partial charge in [0, 0.05) is 6.20 Å². The zero-order valence-corrected chi connectivity index (χ0v) is 5.69. The monoisotopic (exact) mass is 153 g/mol. The molecule has 11 heavy (non-hydrogen) atoms. The number of rotatable bonds is 2. The fourth-order valence-electron chi connectivity index (χ4n) is 0.687. The standard InChI is InChI=1S/C7H7NO3/c9-4-6(11)7-5(10)2-1-3-8-7/h1-3,9-10H,4H2. The maximum Gasteiger partial charge on any atom is 0.210 e. The maximum atomic E-state index is 10.8. The quantitative estimate of drug-likeness (QED) is 0.585. The minimum absolute atomic E-state index is 0.0880. The molecule has 58 valence electrons. The number of aliphatic hydroxyl groups excluding tert-OH is 1. The third-order valence-electron chi connectivity index (χ3n) is 1.19. The Balaban J connectivity index is 3.03. The lowest BCUT2D eigenvalue weighted by atomic mass is 10.2. The Morgan fingerprint density at radius 1 is 1.64 bits per heavy atom. The van der Waals surface area contributed by atoms with Crippen molar-refractivity contribution in [2.75, 3.05) is 6.61 Å². The highest BCUT2D eigenvalue weighted by Gasteiger charge is 2.09. The molecular formula is C7H7NO3. The minimum Gasteiger partial charge on any atom is -0.506 e. The van der Waals surface area contributed by atoms with Crippen molar-refractivity contribution in [3.8, 4) is 5.75 Å². The lowest BCUT2D eigenvalue weighted by molar-refractivity contribution is 0.0895. The minimum atomic E-state index is -0.634. The van der Waals surface area contributed by atoms with Crippen molar-refractivity contribution in [3.05, 3.63) is 24.0 Å². The van der Waals surface area contributed by atoms with Gasteiger partial charge in [-0.15, -0.1) is 0 Å². The summed E-state index contributed by atoms with van der Waals surface area (Å²) in [4.78, 5) is 14.4. The maximum absolute atomic E-state index is 10.8. The van der Waals surface area contributed by atoms with Gasteiger partial charge in [0.1, 0.15) is 18.1 Å². The first kappa shape index (κ1) is 7.68. The number of aliphatic hydroxyl groups is 1. The van der Waals surface area contributed by atoms with Crippen LogP contribution in [0.25, 0.3) is 0 Å². The number of pyridine rings is 1. The molecule has 1 heterocycles. The normalized spacial score (nSPS) is 9.55. The predicted octanol–water partition coefficient (Wildman–Crippen LogP) is -0.0378. The van der Waals surface area contributed by atoms with Crippen molar-refractivity contribution in [2.24, 2.45) is 0 Å². The Labute approximate surface area is 63.1 Å². The fourth-order valence-corrected chi connectivity index (χ4v) is 0.687. The Kier molecular flexibility index (Phi) is 2.18. The average Bonchev–Trinajstić information content (AvgIpc) is 2.04. The van der Waals surface area contributed by atoms with E-state index in [1.54, 1.807) is 0 Å². The fraction of sp³-hybridized carbons (Fsp3) is 0.143. The highest BCUT2D eigenvalue weighted by molar-refractivity contribution is 5.97. The van der Waals surface area contributed by atoms with Crippen LogP contribution < -0.4 is 0 Å². The van der Waals surface area contributed by atoms with Gasteiger partial charge in [0.25, 0.3) is 0 Å². The number of Topliss-reactive ketones (excluding diaryl/α,β-unsaturated/α-hetero) is 1. The number of hydrogen-bond acceptors (Lipinski definition) is 4. The number of hydrogen-bond donors (Lipinski definition) is 2. The van der Waals surface area contributed by atoms with Crippen LogP contribution in [0.3, 0.4) is 0 Å². The molecule has 0 unspecified atom stereocenters. The smallest absolute Gasteiger partial charge is 0.210 e. The number of aromatic hydroxyl groups is 1. The third-order valence-corrected chi connectivity index (χ3v) is 1.19. The summed E-state index contributed by atoms with van der Waals surface area (Å²) in [6.45, 7) is -0.634. The van der Waals surface area contributed by atoms with Crippen LogP contribution in [0.4, 0.5) is 0 Å². The summed E-state index contributed by atoms with van der Waals surface area (Å²) in [5.74, 6) is -0.783. The molecule has 0 saturated carbocycles. The molecule has 0 bridgehead atoms. The summed E-state index contributed by atoms with van der Waals surface area (Å²) in [6.07, 6.45) is 1.38.